The van der Waals surface area contributed by atoms with Crippen LogP contribution in [0.3, 0.4) is 0 Å². The van der Waals surface area contributed by atoms with Crippen LogP contribution < -0.4 is 0 Å². The molecule has 1 fully saturated rings. The van der Waals surface area contributed by atoms with Crippen molar-refractivity contribution >= 4 is 5.97 Å². The van der Waals surface area contributed by atoms with Gasteiger partial charge in [-0.15, -0.1) is 0 Å². The largest absolute Gasteiger partial charge is 0.480 e. The van der Waals surface area contributed by atoms with E-state index in [1.165, 1.54) is 0 Å². The van der Waals surface area contributed by atoms with Gasteiger partial charge >= 0.3 is 5.97 Å². The quantitative estimate of drug-likeness (QED) is 0.603. The van der Waals surface area contributed by atoms with E-state index in [0.717, 1.165) is 12.8 Å². The van der Waals surface area contributed by atoms with Gasteiger partial charge in [-0.2, -0.15) is 0 Å². The molecule has 0 saturated heterocycles. The molecule has 4 heteroatoms. The Bertz CT molecular complexity index is 168. The second kappa shape index (κ2) is 3.87. The molecule has 2 N–H and O–H groups in total. The second-order valence-corrected chi connectivity index (χ2v) is 3.50. The van der Waals surface area contributed by atoms with Crippen molar-refractivity contribution in [2.45, 2.75) is 18.9 Å². The van der Waals surface area contributed by atoms with Gasteiger partial charge in [0.25, 0.3) is 0 Å². The molecular weight excluding hydrogens is 158 g/mol. The number of nitrogens with zero attached hydrogens (tertiary/aromatic N) is 1. The third kappa shape index (κ3) is 3.19. The van der Waals surface area contributed by atoms with Gasteiger partial charge in [-0.1, -0.05) is 0 Å². The summed E-state index contributed by atoms with van der Waals surface area (Å²) in [6.45, 7) is 0.473. The van der Waals surface area contributed by atoms with Crippen LogP contribution in [-0.2, 0) is 4.79 Å². The molecule has 0 aromatic heterocycles. The highest BCUT2D eigenvalue weighted by Gasteiger charge is 2.30. The van der Waals surface area contributed by atoms with Crippen LogP contribution in [0.25, 0.3) is 0 Å². The number of aliphatic carboxylic acids is 1. The Balaban J connectivity index is 2.15. The van der Waals surface area contributed by atoms with Crippen LogP contribution in [0, 0.1) is 5.92 Å². The number of aliphatic hydroxyl groups is 1. The maximum atomic E-state index is 10.3. The Morgan fingerprint density at radius 1 is 1.67 bits per heavy atom. The van der Waals surface area contributed by atoms with E-state index in [1.807, 2.05) is 0 Å². The van der Waals surface area contributed by atoms with Gasteiger partial charge in [0, 0.05) is 6.54 Å². The molecule has 0 aromatic rings. The van der Waals surface area contributed by atoms with E-state index < -0.39 is 5.97 Å². The van der Waals surface area contributed by atoms with Gasteiger partial charge in [-0.3, -0.25) is 9.69 Å². The van der Waals surface area contributed by atoms with Gasteiger partial charge in [0.15, 0.2) is 0 Å². The van der Waals surface area contributed by atoms with Crippen molar-refractivity contribution in [2.24, 2.45) is 5.92 Å². The van der Waals surface area contributed by atoms with Crippen LogP contribution in [0.4, 0.5) is 0 Å². The van der Waals surface area contributed by atoms with Gasteiger partial charge in [0.1, 0.15) is 0 Å². The first-order chi connectivity index (χ1) is 5.59. The second-order valence-electron chi connectivity index (χ2n) is 3.50. The zero-order valence-electron chi connectivity index (χ0n) is 7.23. The highest BCUT2D eigenvalue weighted by molar-refractivity contribution is 5.68. The number of aliphatic hydroxyl groups excluding tert-OH is 1. The summed E-state index contributed by atoms with van der Waals surface area (Å²) in [4.78, 5) is 11.9. The van der Waals surface area contributed by atoms with Gasteiger partial charge < -0.3 is 10.2 Å². The Labute approximate surface area is 71.8 Å². The van der Waals surface area contributed by atoms with E-state index in [4.69, 9.17) is 5.11 Å². The summed E-state index contributed by atoms with van der Waals surface area (Å²) < 4.78 is 0. The molecule has 4 nitrogen and oxygen atoms in total. The van der Waals surface area contributed by atoms with Crippen molar-refractivity contribution in [3.8, 4) is 0 Å². The lowest BCUT2D eigenvalue weighted by molar-refractivity contribution is -0.138. The molecule has 1 atom stereocenters. The van der Waals surface area contributed by atoms with Crippen LogP contribution in [0.15, 0.2) is 0 Å². The van der Waals surface area contributed by atoms with E-state index in [1.54, 1.807) is 11.9 Å². The first-order valence-electron chi connectivity index (χ1n) is 4.18. The molecular formula is C8H15NO3. The van der Waals surface area contributed by atoms with Crippen LogP contribution in [0.5, 0.6) is 0 Å². The molecule has 0 amide bonds. The van der Waals surface area contributed by atoms with Crippen molar-refractivity contribution < 1.29 is 15.0 Å². The van der Waals surface area contributed by atoms with E-state index >= 15 is 0 Å². The minimum atomic E-state index is -0.847. The minimum Gasteiger partial charge on any atom is -0.480 e. The monoisotopic (exact) mass is 173 g/mol. The third-order valence-corrected chi connectivity index (χ3v) is 2.07. The number of hydrogen-bond acceptors (Lipinski definition) is 3. The standard InChI is InChI=1S/C8H15NO3/c1-9(5-8(11)12)4-7(10)6-2-3-6/h6-7,10H,2-5H2,1H3,(H,11,12). The molecule has 70 valence electrons. The molecule has 1 rings (SSSR count). The summed E-state index contributed by atoms with van der Waals surface area (Å²) in [5.41, 5.74) is 0. The molecule has 0 aromatic carbocycles. The molecule has 0 radical (unpaired) electrons. The average molecular weight is 173 g/mol. The van der Waals surface area contributed by atoms with E-state index in [2.05, 4.69) is 0 Å². The summed E-state index contributed by atoms with van der Waals surface area (Å²) in [6.07, 6.45) is 1.83. The van der Waals surface area contributed by atoms with Crippen molar-refractivity contribution in [1.29, 1.82) is 0 Å². The average Bonchev–Trinajstić information content (AvgIpc) is 2.63. The first kappa shape index (κ1) is 9.48. The van der Waals surface area contributed by atoms with Crippen LogP contribution in [0.2, 0.25) is 0 Å². The maximum absolute atomic E-state index is 10.3. The summed E-state index contributed by atoms with van der Waals surface area (Å²) >= 11 is 0. The highest BCUT2D eigenvalue weighted by Crippen LogP contribution is 2.32. The van der Waals surface area contributed by atoms with Crippen molar-refractivity contribution in [3.05, 3.63) is 0 Å². The van der Waals surface area contributed by atoms with Crippen molar-refractivity contribution in [2.75, 3.05) is 20.1 Å². The zero-order chi connectivity index (χ0) is 9.14. The molecule has 0 spiro atoms. The zero-order valence-corrected chi connectivity index (χ0v) is 7.23. The lowest BCUT2D eigenvalue weighted by Crippen LogP contribution is -2.34. The lowest BCUT2D eigenvalue weighted by Gasteiger charge is -2.17. The van der Waals surface area contributed by atoms with Gasteiger partial charge in [-0.25, -0.2) is 0 Å². The normalized spacial score (nSPS) is 19.6. The molecule has 1 saturated carbocycles. The summed E-state index contributed by atoms with van der Waals surface area (Å²) in [5, 5.41) is 17.9. The fourth-order valence-corrected chi connectivity index (χ4v) is 1.24. The number of carbonyl (C=O) groups is 1. The van der Waals surface area contributed by atoms with Gasteiger partial charge in [0.2, 0.25) is 0 Å². The topological polar surface area (TPSA) is 60.8 Å². The molecule has 0 bridgehead atoms. The summed E-state index contributed by atoms with van der Waals surface area (Å²) in [7, 11) is 1.71. The Hall–Kier alpha value is -0.610. The Morgan fingerprint density at radius 3 is 2.67 bits per heavy atom. The predicted molar refractivity (Wildman–Crippen MR) is 43.9 cm³/mol. The van der Waals surface area contributed by atoms with Gasteiger partial charge in [-0.05, 0) is 25.8 Å². The number of rotatable bonds is 5. The van der Waals surface area contributed by atoms with E-state index in [-0.39, 0.29) is 12.6 Å². The fourth-order valence-electron chi connectivity index (χ4n) is 1.24. The molecule has 1 aliphatic rings. The van der Waals surface area contributed by atoms with Crippen LogP contribution in [-0.4, -0.2) is 47.3 Å². The van der Waals surface area contributed by atoms with E-state index in [9.17, 15) is 9.90 Å². The molecule has 0 aliphatic heterocycles. The van der Waals surface area contributed by atoms with Gasteiger partial charge in [0.05, 0.1) is 12.6 Å². The first-order valence-corrected chi connectivity index (χ1v) is 4.18. The summed E-state index contributed by atoms with van der Waals surface area (Å²) in [6, 6.07) is 0. The molecule has 0 heterocycles. The fraction of sp³-hybridized carbons (Fsp3) is 0.875. The highest BCUT2D eigenvalue weighted by atomic mass is 16.4. The molecule has 1 unspecified atom stereocenters. The predicted octanol–water partition coefficient (Wildman–Crippen LogP) is -0.226. The van der Waals surface area contributed by atoms with Crippen molar-refractivity contribution in [3.63, 3.8) is 0 Å². The smallest absolute Gasteiger partial charge is 0.317 e. The summed E-state index contributed by atoms with van der Waals surface area (Å²) in [5.74, 6) is -0.429. The SMILES string of the molecule is CN(CC(=O)O)CC(O)C1CC1. The third-order valence-electron chi connectivity index (χ3n) is 2.07. The minimum absolute atomic E-state index is 0.00375. The number of hydrogen-bond donors (Lipinski definition) is 2. The van der Waals surface area contributed by atoms with E-state index in [0.29, 0.717) is 12.5 Å². The number of likely N-dealkylation sites (N-methyl/N-ethyl adjacent to an activating group) is 1. The lowest BCUT2D eigenvalue weighted by atomic mass is 10.2. The van der Waals surface area contributed by atoms with Crippen LogP contribution >= 0.6 is 0 Å². The maximum Gasteiger partial charge on any atom is 0.317 e. The Morgan fingerprint density at radius 2 is 2.25 bits per heavy atom. The number of carboxylic acid groups (broad SMARTS) is 1. The Kier molecular flexibility index (Phi) is 3.05. The number of carboxylic acids is 1. The van der Waals surface area contributed by atoms with Crippen LogP contribution in [0.1, 0.15) is 12.8 Å². The van der Waals surface area contributed by atoms with Crippen molar-refractivity contribution in [1.82, 2.24) is 4.90 Å². The molecule has 1 aliphatic carbocycles. The molecule has 12 heavy (non-hydrogen) atoms.